The van der Waals surface area contributed by atoms with Crippen molar-refractivity contribution < 1.29 is 19.0 Å². The number of aromatic nitrogens is 2. The van der Waals surface area contributed by atoms with E-state index in [1.165, 1.54) is 0 Å². The van der Waals surface area contributed by atoms with Crippen molar-refractivity contribution in [1.29, 1.82) is 0 Å². The van der Waals surface area contributed by atoms with Crippen molar-refractivity contribution in [3.63, 3.8) is 0 Å². The summed E-state index contributed by atoms with van der Waals surface area (Å²) in [5.74, 6) is 1.78. The second-order valence-corrected chi connectivity index (χ2v) is 9.78. The summed E-state index contributed by atoms with van der Waals surface area (Å²) < 4.78 is 17.9. The zero-order chi connectivity index (χ0) is 25.8. The molecule has 8 nitrogen and oxygen atoms in total. The van der Waals surface area contributed by atoms with E-state index in [0.717, 1.165) is 54.0 Å². The minimum Gasteiger partial charge on any atom is -0.378 e. The molecular formula is C28H32FN5O3. The molecule has 194 valence electrons. The summed E-state index contributed by atoms with van der Waals surface area (Å²) in [7, 11) is 0. The lowest BCUT2D eigenvalue weighted by atomic mass is 10.00. The number of nitrogens with one attached hydrogen (secondary N) is 2. The number of carbonyl (C=O) groups is 1. The Morgan fingerprint density at radius 2 is 2.00 bits per heavy atom. The SMILES string of the molecule is Cc1ccc(NC(=O)c2cncc(C3CC3)c2)cc1-c1cc(NC(C)COF)nc(N2CCOCC2)c1. The van der Waals surface area contributed by atoms with Crippen LogP contribution in [-0.4, -0.2) is 54.8 Å². The molecule has 0 bridgehead atoms. The zero-order valence-electron chi connectivity index (χ0n) is 21.2. The number of amides is 1. The number of anilines is 3. The number of carbonyl (C=O) groups excluding carboxylic acids is 1. The van der Waals surface area contributed by atoms with Gasteiger partial charge in [0, 0.05) is 31.2 Å². The Morgan fingerprint density at radius 3 is 2.76 bits per heavy atom. The van der Waals surface area contributed by atoms with Crippen molar-refractivity contribution >= 4 is 23.2 Å². The second-order valence-electron chi connectivity index (χ2n) is 9.78. The van der Waals surface area contributed by atoms with Crippen LogP contribution < -0.4 is 15.5 Å². The van der Waals surface area contributed by atoms with Crippen LogP contribution >= 0.6 is 0 Å². The maximum absolute atomic E-state index is 13.0. The molecule has 1 amide bonds. The number of ether oxygens (including phenoxy) is 1. The summed E-state index contributed by atoms with van der Waals surface area (Å²) in [6, 6.07) is 11.5. The molecule has 2 fully saturated rings. The van der Waals surface area contributed by atoms with E-state index in [4.69, 9.17) is 9.72 Å². The van der Waals surface area contributed by atoms with Gasteiger partial charge in [-0.2, -0.15) is 4.94 Å². The fourth-order valence-electron chi connectivity index (χ4n) is 4.52. The highest BCUT2D eigenvalue weighted by Gasteiger charge is 2.24. The van der Waals surface area contributed by atoms with Crippen LogP contribution in [0.3, 0.4) is 0 Å². The van der Waals surface area contributed by atoms with Gasteiger partial charge >= 0.3 is 0 Å². The topological polar surface area (TPSA) is 88.6 Å². The monoisotopic (exact) mass is 505 g/mol. The number of nitrogens with zero attached hydrogens (tertiary/aromatic N) is 3. The summed E-state index contributed by atoms with van der Waals surface area (Å²) in [4.78, 5) is 28.0. The van der Waals surface area contributed by atoms with Crippen LogP contribution in [0.15, 0.2) is 48.8 Å². The molecule has 3 heterocycles. The van der Waals surface area contributed by atoms with Crippen LogP contribution in [0.1, 0.15) is 47.2 Å². The first-order valence-electron chi connectivity index (χ1n) is 12.7. The molecule has 5 rings (SSSR count). The van der Waals surface area contributed by atoms with Gasteiger partial charge in [0.05, 0.1) is 24.8 Å². The van der Waals surface area contributed by atoms with Gasteiger partial charge in [-0.25, -0.2) is 4.98 Å². The van der Waals surface area contributed by atoms with Gasteiger partial charge < -0.3 is 20.3 Å². The smallest absolute Gasteiger partial charge is 0.257 e. The molecule has 2 N–H and O–H groups in total. The van der Waals surface area contributed by atoms with E-state index >= 15 is 0 Å². The first-order valence-corrected chi connectivity index (χ1v) is 12.7. The van der Waals surface area contributed by atoms with Crippen LogP contribution in [0.4, 0.5) is 21.8 Å². The molecule has 37 heavy (non-hydrogen) atoms. The van der Waals surface area contributed by atoms with E-state index in [1.54, 1.807) is 6.20 Å². The van der Waals surface area contributed by atoms with Gasteiger partial charge in [-0.1, -0.05) is 6.07 Å². The average molecular weight is 506 g/mol. The molecular weight excluding hydrogens is 473 g/mol. The predicted molar refractivity (Wildman–Crippen MR) is 142 cm³/mol. The lowest BCUT2D eigenvalue weighted by Crippen LogP contribution is -2.37. The van der Waals surface area contributed by atoms with Crippen LogP contribution in [0.5, 0.6) is 0 Å². The predicted octanol–water partition coefficient (Wildman–Crippen LogP) is 5.12. The van der Waals surface area contributed by atoms with Crippen molar-refractivity contribution in [2.24, 2.45) is 0 Å². The Morgan fingerprint density at radius 1 is 1.19 bits per heavy atom. The number of hydrogen-bond acceptors (Lipinski definition) is 7. The molecule has 1 saturated carbocycles. The van der Waals surface area contributed by atoms with Gasteiger partial charge in [-0.3, -0.25) is 9.78 Å². The van der Waals surface area contributed by atoms with Gasteiger partial charge in [0.2, 0.25) is 0 Å². The van der Waals surface area contributed by atoms with E-state index in [1.807, 2.05) is 56.4 Å². The van der Waals surface area contributed by atoms with Gasteiger partial charge in [0.1, 0.15) is 18.2 Å². The van der Waals surface area contributed by atoms with Crippen LogP contribution in [-0.2, 0) is 9.68 Å². The van der Waals surface area contributed by atoms with E-state index in [9.17, 15) is 9.32 Å². The number of morpholine rings is 1. The number of hydrogen-bond donors (Lipinski definition) is 2. The van der Waals surface area contributed by atoms with E-state index < -0.39 is 0 Å². The standard InChI is InChI=1S/C28H32FN5O3/c1-18-3-6-24(32-28(35)23-11-22(15-30-16-23)20-4-5-20)14-25(18)21-12-26(31-19(2)17-37-29)33-27(13-21)34-7-9-36-10-8-34/h3,6,11-16,19-20H,4-5,7-10,17H2,1-2H3,(H,31,33)(H,32,35). The summed E-state index contributed by atoms with van der Waals surface area (Å²) in [5, 5.41) is 6.26. The van der Waals surface area contributed by atoms with Crippen LogP contribution in [0.25, 0.3) is 11.1 Å². The van der Waals surface area contributed by atoms with Crippen molar-refractivity contribution in [2.45, 2.75) is 38.6 Å². The van der Waals surface area contributed by atoms with Gasteiger partial charge in [-0.15, -0.1) is 0 Å². The highest BCUT2D eigenvalue weighted by Crippen LogP contribution is 2.40. The van der Waals surface area contributed by atoms with Crippen LogP contribution in [0.2, 0.25) is 0 Å². The molecule has 2 aromatic heterocycles. The number of pyridine rings is 2. The van der Waals surface area contributed by atoms with E-state index in [0.29, 0.717) is 36.2 Å². The molecule has 1 aromatic carbocycles. The Bertz CT molecular complexity index is 1260. The maximum atomic E-state index is 13.0. The molecule has 1 atom stereocenters. The summed E-state index contributed by atoms with van der Waals surface area (Å²) in [6.07, 6.45) is 5.76. The largest absolute Gasteiger partial charge is 0.378 e. The number of benzene rings is 1. The summed E-state index contributed by atoms with van der Waals surface area (Å²) in [5.41, 5.74) is 5.34. The molecule has 0 spiro atoms. The van der Waals surface area contributed by atoms with Crippen LogP contribution in [0, 0.1) is 6.92 Å². The third-order valence-corrected chi connectivity index (χ3v) is 6.73. The zero-order valence-corrected chi connectivity index (χ0v) is 21.2. The van der Waals surface area contributed by atoms with E-state index in [-0.39, 0.29) is 18.6 Å². The maximum Gasteiger partial charge on any atom is 0.257 e. The van der Waals surface area contributed by atoms with Crippen molar-refractivity contribution in [3.05, 3.63) is 65.5 Å². The van der Waals surface area contributed by atoms with Crippen molar-refractivity contribution in [1.82, 2.24) is 9.97 Å². The first-order chi connectivity index (χ1) is 18.0. The first kappa shape index (κ1) is 25.1. The molecule has 9 heteroatoms. The Labute approximate surface area is 216 Å². The quantitative estimate of drug-likeness (QED) is 0.417. The molecule has 0 radical (unpaired) electrons. The Balaban J connectivity index is 1.43. The molecule has 1 unspecified atom stereocenters. The fourth-order valence-corrected chi connectivity index (χ4v) is 4.52. The molecule has 2 aliphatic rings. The van der Waals surface area contributed by atoms with E-state index in [2.05, 4.69) is 25.5 Å². The fraction of sp³-hybridized carbons (Fsp3) is 0.393. The number of halogens is 1. The average Bonchev–Trinajstić information content (AvgIpc) is 3.76. The highest BCUT2D eigenvalue weighted by molar-refractivity contribution is 6.04. The lowest BCUT2D eigenvalue weighted by molar-refractivity contribution is -0.133. The highest BCUT2D eigenvalue weighted by atomic mass is 19.3. The van der Waals surface area contributed by atoms with Gasteiger partial charge in [0.25, 0.3) is 5.91 Å². The van der Waals surface area contributed by atoms with Crippen molar-refractivity contribution in [2.75, 3.05) is 48.4 Å². The Hall–Kier alpha value is -3.56. The minimum atomic E-state index is -0.267. The molecule has 3 aromatic rings. The normalized spacial score (nSPS) is 16.4. The summed E-state index contributed by atoms with van der Waals surface area (Å²) in [6.45, 7) is 6.53. The lowest BCUT2D eigenvalue weighted by Gasteiger charge is -2.29. The molecule has 1 saturated heterocycles. The molecule has 1 aliphatic heterocycles. The summed E-state index contributed by atoms with van der Waals surface area (Å²) >= 11 is 0. The third kappa shape index (κ3) is 6.23. The van der Waals surface area contributed by atoms with Crippen molar-refractivity contribution in [3.8, 4) is 11.1 Å². The number of aryl methyl sites for hydroxylation is 1. The number of rotatable bonds is 9. The Kier molecular flexibility index (Phi) is 7.62. The minimum absolute atomic E-state index is 0.0872. The third-order valence-electron chi connectivity index (χ3n) is 6.73. The van der Waals surface area contributed by atoms with Gasteiger partial charge in [0.15, 0.2) is 0 Å². The molecule has 1 aliphatic carbocycles. The second kappa shape index (κ2) is 11.2. The van der Waals surface area contributed by atoms with Gasteiger partial charge in [-0.05, 0) is 89.7 Å².